The topological polar surface area (TPSA) is 42.4 Å². The third-order valence-electron chi connectivity index (χ3n) is 3.32. The molecular weight excluding hydrogens is 240 g/mol. The maximum absolute atomic E-state index is 11.9. The summed E-state index contributed by atoms with van der Waals surface area (Å²) in [5.74, 6) is 0.517. The number of carbonyl (C=O) groups is 1. The van der Waals surface area contributed by atoms with Crippen molar-refractivity contribution in [3.63, 3.8) is 0 Å². The number of pyridine rings is 1. The molecule has 0 radical (unpaired) electrons. The Kier molecular flexibility index (Phi) is 4.08. The molecule has 1 amide bonds. The Bertz CT molecular complexity index is 428. The smallest absolute Gasteiger partial charge is 0.409 e. The maximum Gasteiger partial charge on any atom is 0.415 e. The predicted molar refractivity (Wildman–Crippen MR) is 74.4 cm³/mol. The van der Waals surface area contributed by atoms with Gasteiger partial charge in [0.15, 0.2) is 5.75 Å². The average molecular weight is 262 g/mol. The van der Waals surface area contributed by atoms with E-state index in [1.165, 1.54) is 6.42 Å². The van der Waals surface area contributed by atoms with Gasteiger partial charge in [-0.05, 0) is 31.4 Å². The SMILES string of the molecule is CC(C)(C)c1ccc(OC(=O)N2CCCCC2)cn1. The lowest BCUT2D eigenvalue weighted by atomic mass is 9.92. The fraction of sp³-hybridized carbons (Fsp3) is 0.600. The molecule has 19 heavy (non-hydrogen) atoms. The lowest BCUT2D eigenvalue weighted by Crippen LogP contribution is -2.37. The van der Waals surface area contributed by atoms with Gasteiger partial charge in [-0.2, -0.15) is 0 Å². The van der Waals surface area contributed by atoms with Gasteiger partial charge in [0.2, 0.25) is 0 Å². The van der Waals surface area contributed by atoms with E-state index in [1.54, 1.807) is 11.1 Å². The van der Waals surface area contributed by atoms with Gasteiger partial charge in [0.05, 0.1) is 6.20 Å². The van der Waals surface area contributed by atoms with Crippen LogP contribution in [-0.2, 0) is 5.41 Å². The number of amides is 1. The highest BCUT2D eigenvalue weighted by Gasteiger charge is 2.19. The molecule has 0 N–H and O–H groups in total. The zero-order valence-electron chi connectivity index (χ0n) is 12.0. The standard InChI is InChI=1S/C15H22N2O2/c1-15(2,3)13-8-7-12(11-16-13)19-14(18)17-9-5-4-6-10-17/h7-8,11H,4-6,9-10H2,1-3H3. The van der Waals surface area contributed by atoms with Gasteiger partial charge in [-0.3, -0.25) is 4.98 Å². The number of carbonyl (C=O) groups excluding carboxylic acids is 1. The first-order chi connectivity index (χ1) is 8.97. The molecular formula is C15H22N2O2. The van der Waals surface area contributed by atoms with Crippen LogP contribution in [0, 0.1) is 0 Å². The van der Waals surface area contributed by atoms with E-state index < -0.39 is 0 Å². The van der Waals surface area contributed by atoms with E-state index in [4.69, 9.17) is 4.74 Å². The van der Waals surface area contributed by atoms with Crippen molar-refractivity contribution in [2.45, 2.75) is 45.4 Å². The lowest BCUT2D eigenvalue weighted by Gasteiger charge is -2.25. The predicted octanol–water partition coefficient (Wildman–Crippen LogP) is 3.36. The van der Waals surface area contributed by atoms with Crippen molar-refractivity contribution < 1.29 is 9.53 Å². The van der Waals surface area contributed by atoms with Crippen LogP contribution in [0.25, 0.3) is 0 Å². The summed E-state index contributed by atoms with van der Waals surface area (Å²) >= 11 is 0. The highest BCUT2D eigenvalue weighted by Crippen LogP contribution is 2.22. The molecule has 104 valence electrons. The van der Waals surface area contributed by atoms with Crippen LogP contribution < -0.4 is 4.74 Å². The maximum atomic E-state index is 11.9. The van der Waals surface area contributed by atoms with Crippen LogP contribution in [0.4, 0.5) is 4.79 Å². The number of nitrogens with zero attached hydrogens (tertiary/aromatic N) is 2. The van der Waals surface area contributed by atoms with Gasteiger partial charge in [-0.1, -0.05) is 20.8 Å². The molecule has 4 nitrogen and oxygen atoms in total. The first kappa shape index (κ1) is 13.8. The molecule has 0 aromatic carbocycles. The number of piperidine rings is 1. The number of likely N-dealkylation sites (tertiary alicyclic amines) is 1. The molecule has 0 aliphatic carbocycles. The second-order valence-corrected chi connectivity index (χ2v) is 6.04. The van der Waals surface area contributed by atoms with Crippen LogP contribution in [0.15, 0.2) is 18.3 Å². The van der Waals surface area contributed by atoms with Crippen molar-refractivity contribution in [3.8, 4) is 5.75 Å². The van der Waals surface area contributed by atoms with Crippen molar-refractivity contribution in [1.29, 1.82) is 0 Å². The van der Waals surface area contributed by atoms with Gasteiger partial charge >= 0.3 is 6.09 Å². The minimum absolute atomic E-state index is 0.00933. The Labute approximate surface area is 114 Å². The summed E-state index contributed by atoms with van der Waals surface area (Å²) in [5.41, 5.74) is 1.00. The molecule has 0 atom stereocenters. The average Bonchev–Trinajstić information content (AvgIpc) is 2.39. The van der Waals surface area contributed by atoms with Gasteiger partial charge in [0, 0.05) is 24.2 Å². The molecule has 2 rings (SSSR count). The van der Waals surface area contributed by atoms with Crippen LogP contribution in [0.5, 0.6) is 5.75 Å². The van der Waals surface area contributed by atoms with E-state index in [2.05, 4.69) is 25.8 Å². The first-order valence-electron chi connectivity index (χ1n) is 6.90. The van der Waals surface area contributed by atoms with E-state index in [0.29, 0.717) is 5.75 Å². The first-order valence-corrected chi connectivity index (χ1v) is 6.90. The summed E-state index contributed by atoms with van der Waals surface area (Å²) < 4.78 is 5.35. The third-order valence-corrected chi connectivity index (χ3v) is 3.32. The number of rotatable bonds is 1. The number of aromatic nitrogens is 1. The molecule has 1 aliphatic rings. The fourth-order valence-corrected chi connectivity index (χ4v) is 2.13. The van der Waals surface area contributed by atoms with Gasteiger partial charge in [-0.25, -0.2) is 4.79 Å². The van der Waals surface area contributed by atoms with Gasteiger partial charge in [0.25, 0.3) is 0 Å². The molecule has 0 bridgehead atoms. The van der Waals surface area contributed by atoms with E-state index in [1.807, 2.05) is 12.1 Å². The van der Waals surface area contributed by atoms with Crippen molar-refractivity contribution in [1.82, 2.24) is 9.88 Å². The van der Waals surface area contributed by atoms with E-state index in [-0.39, 0.29) is 11.5 Å². The fourth-order valence-electron chi connectivity index (χ4n) is 2.13. The van der Waals surface area contributed by atoms with Crippen LogP contribution in [0.3, 0.4) is 0 Å². The van der Waals surface area contributed by atoms with Gasteiger partial charge in [0.1, 0.15) is 0 Å². The number of hydrogen-bond donors (Lipinski definition) is 0. The summed E-state index contributed by atoms with van der Waals surface area (Å²) in [6.45, 7) is 7.91. The van der Waals surface area contributed by atoms with Crippen molar-refractivity contribution in [2.24, 2.45) is 0 Å². The van der Waals surface area contributed by atoms with Crippen LogP contribution in [0.2, 0.25) is 0 Å². The normalized spacial score (nSPS) is 16.3. The Morgan fingerprint density at radius 3 is 2.42 bits per heavy atom. The monoisotopic (exact) mass is 262 g/mol. The van der Waals surface area contributed by atoms with E-state index in [9.17, 15) is 4.79 Å². The van der Waals surface area contributed by atoms with Gasteiger partial charge < -0.3 is 9.64 Å². The summed E-state index contributed by atoms with van der Waals surface area (Å²) in [6, 6.07) is 3.73. The molecule has 1 aliphatic heterocycles. The van der Waals surface area contributed by atoms with Crippen LogP contribution in [0.1, 0.15) is 45.7 Å². The molecule has 4 heteroatoms. The van der Waals surface area contributed by atoms with Crippen LogP contribution >= 0.6 is 0 Å². The quantitative estimate of drug-likeness (QED) is 0.779. The zero-order valence-corrected chi connectivity index (χ0v) is 12.0. The molecule has 1 aromatic heterocycles. The van der Waals surface area contributed by atoms with Gasteiger partial charge in [-0.15, -0.1) is 0 Å². The van der Waals surface area contributed by atoms with Crippen molar-refractivity contribution >= 4 is 6.09 Å². The molecule has 0 spiro atoms. The molecule has 2 heterocycles. The highest BCUT2D eigenvalue weighted by atomic mass is 16.6. The summed E-state index contributed by atoms with van der Waals surface area (Å²) in [7, 11) is 0. The summed E-state index contributed by atoms with van der Waals surface area (Å²) in [4.78, 5) is 18.0. The Morgan fingerprint density at radius 2 is 1.89 bits per heavy atom. The van der Waals surface area contributed by atoms with E-state index >= 15 is 0 Å². The van der Waals surface area contributed by atoms with Crippen LogP contribution in [-0.4, -0.2) is 29.1 Å². The van der Waals surface area contributed by atoms with Crippen molar-refractivity contribution in [2.75, 3.05) is 13.1 Å². The van der Waals surface area contributed by atoms with E-state index in [0.717, 1.165) is 31.6 Å². The second kappa shape index (κ2) is 5.59. The molecule has 0 unspecified atom stereocenters. The molecule has 1 aromatic rings. The second-order valence-electron chi connectivity index (χ2n) is 6.04. The number of ether oxygens (including phenoxy) is 1. The number of hydrogen-bond acceptors (Lipinski definition) is 3. The van der Waals surface area contributed by atoms with Crippen molar-refractivity contribution in [3.05, 3.63) is 24.0 Å². The highest BCUT2D eigenvalue weighted by molar-refractivity contribution is 5.70. The largest absolute Gasteiger partial charge is 0.415 e. The Hall–Kier alpha value is -1.58. The lowest BCUT2D eigenvalue weighted by molar-refractivity contribution is 0.142. The molecule has 1 saturated heterocycles. The molecule has 0 saturated carbocycles. The zero-order chi connectivity index (χ0) is 13.9. The Balaban J connectivity index is 1.97. The minimum Gasteiger partial charge on any atom is -0.409 e. The summed E-state index contributed by atoms with van der Waals surface area (Å²) in [5, 5.41) is 0. The Morgan fingerprint density at radius 1 is 1.21 bits per heavy atom. The molecule has 1 fully saturated rings. The third kappa shape index (κ3) is 3.69. The summed E-state index contributed by atoms with van der Waals surface area (Å²) in [6.07, 6.45) is 4.70. The minimum atomic E-state index is -0.259.